The third-order valence-electron chi connectivity index (χ3n) is 4.18. The van der Waals surface area contributed by atoms with Crippen molar-refractivity contribution in [1.82, 2.24) is 4.98 Å². The molecule has 1 amide bonds. The van der Waals surface area contributed by atoms with Crippen LogP contribution >= 0.6 is 0 Å². The van der Waals surface area contributed by atoms with Crippen LogP contribution < -0.4 is 4.90 Å². The Bertz CT molecular complexity index is 820. The molecule has 0 unspecified atom stereocenters. The highest BCUT2D eigenvalue weighted by Gasteiger charge is 2.16. The van der Waals surface area contributed by atoms with Gasteiger partial charge in [0.25, 0.3) is 0 Å². The van der Waals surface area contributed by atoms with Crippen LogP contribution in [0.25, 0.3) is 0 Å². The SMILES string of the molecule is O=C(CCCc1ccccc1)N(Cc1ccccn1)c1ccc(F)cc1. The average Bonchev–Trinajstić information content (AvgIpc) is 2.68. The minimum Gasteiger partial charge on any atom is -0.306 e. The predicted molar refractivity (Wildman–Crippen MR) is 101 cm³/mol. The number of halogens is 1. The Morgan fingerprint density at radius 3 is 2.35 bits per heavy atom. The molecule has 2 aromatic carbocycles. The Morgan fingerprint density at radius 1 is 0.923 bits per heavy atom. The van der Waals surface area contributed by atoms with Gasteiger partial charge in [-0.3, -0.25) is 9.78 Å². The number of amides is 1. The van der Waals surface area contributed by atoms with Gasteiger partial charge in [-0.2, -0.15) is 0 Å². The number of benzene rings is 2. The molecule has 0 atom stereocenters. The summed E-state index contributed by atoms with van der Waals surface area (Å²) in [4.78, 5) is 18.8. The van der Waals surface area contributed by atoms with E-state index < -0.39 is 0 Å². The van der Waals surface area contributed by atoms with Crippen LogP contribution in [-0.2, 0) is 17.8 Å². The van der Waals surface area contributed by atoms with Gasteiger partial charge in [-0.05, 0) is 54.8 Å². The van der Waals surface area contributed by atoms with Crippen LogP contribution in [0.5, 0.6) is 0 Å². The summed E-state index contributed by atoms with van der Waals surface area (Å²) in [5, 5.41) is 0. The Kier molecular flexibility index (Phi) is 6.09. The summed E-state index contributed by atoms with van der Waals surface area (Å²) in [5.41, 5.74) is 2.70. The van der Waals surface area contributed by atoms with E-state index in [-0.39, 0.29) is 11.7 Å². The van der Waals surface area contributed by atoms with E-state index in [0.717, 1.165) is 18.5 Å². The Hall–Kier alpha value is -3.01. The number of pyridine rings is 1. The molecule has 0 aliphatic heterocycles. The van der Waals surface area contributed by atoms with Gasteiger partial charge < -0.3 is 4.90 Å². The van der Waals surface area contributed by atoms with Gasteiger partial charge in [-0.15, -0.1) is 0 Å². The molecule has 132 valence electrons. The van der Waals surface area contributed by atoms with Crippen LogP contribution in [0.1, 0.15) is 24.1 Å². The normalized spacial score (nSPS) is 10.5. The molecular formula is C22H21FN2O. The van der Waals surface area contributed by atoms with Gasteiger partial charge in [0.2, 0.25) is 5.91 Å². The molecule has 0 radical (unpaired) electrons. The number of aryl methyl sites for hydroxylation is 1. The molecule has 0 aliphatic carbocycles. The van der Waals surface area contributed by atoms with Crippen molar-refractivity contribution in [3.63, 3.8) is 0 Å². The van der Waals surface area contributed by atoms with E-state index in [4.69, 9.17) is 0 Å². The number of rotatable bonds is 7. The maximum Gasteiger partial charge on any atom is 0.227 e. The van der Waals surface area contributed by atoms with E-state index >= 15 is 0 Å². The molecule has 0 fully saturated rings. The van der Waals surface area contributed by atoms with Gasteiger partial charge in [0.1, 0.15) is 5.82 Å². The van der Waals surface area contributed by atoms with E-state index in [2.05, 4.69) is 17.1 Å². The Morgan fingerprint density at radius 2 is 1.65 bits per heavy atom. The topological polar surface area (TPSA) is 33.2 Å². The highest BCUT2D eigenvalue weighted by atomic mass is 19.1. The predicted octanol–water partition coefficient (Wildman–Crippen LogP) is 4.78. The van der Waals surface area contributed by atoms with Crippen molar-refractivity contribution >= 4 is 11.6 Å². The van der Waals surface area contributed by atoms with E-state index in [1.165, 1.54) is 17.7 Å². The number of aromatic nitrogens is 1. The fraction of sp³-hybridized carbons (Fsp3) is 0.182. The lowest BCUT2D eigenvalue weighted by atomic mass is 10.1. The van der Waals surface area contributed by atoms with Crippen molar-refractivity contribution < 1.29 is 9.18 Å². The molecule has 0 spiro atoms. The lowest BCUT2D eigenvalue weighted by molar-refractivity contribution is -0.118. The summed E-state index contributed by atoms with van der Waals surface area (Å²) in [6.45, 7) is 0.372. The third kappa shape index (κ3) is 4.99. The van der Waals surface area contributed by atoms with Crippen LogP contribution in [0.4, 0.5) is 10.1 Å². The van der Waals surface area contributed by atoms with Crippen LogP contribution in [0.2, 0.25) is 0 Å². The quantitative estimate of drug-likeness (QED) is 0.616. The zero-order valence-electron chi connectivity index (χ0n) is 14.5. The maximum absolute atomic E-state index is 13.3. The molecule has 3 nitrogen and oxygen atoms in total. The Labute approximate surface area is 153 Å². The van der Waals surface area contributed by atoms with Crippen LogP contribution in [0.15, 0.2) is 79.0 Å². The third-order valence-corrected chi connectivity index (χ3v) is 4.18. The lowest BCUT2D eigenvalue weighted by Gasteiger charge is -2.22. The minimum atomic E-state index is -0.317. The molecular weight excluding hydrogens is 327 g/mol. The largest absolute Gasteiger partial charge is 0.306 e. The van der Waals surface area contributed by atoms with Gasteiger partial charge in [0.05, 0.1) is 12.2 Å². The van der Waals surface area contributed by atoms with Gasteiger partial charge in [0.15, 0.2) is 0 Å². The lowest BCUT2D eigenvalue weighted by Crippen LogP contribution is -2.30. The molecule has 1 aromatic heterocycles. The molecule has 0 saturated carbocycles. The van der Waals surface area contributed by atoms with Crippen LogP contribution in [-0.4, -0.2) is 10.9 Å². The van der Waals surface area contributed by atoms with Crippen molar-refractivity contribution in [3.05, 3.63) is 96.1 Å². The summed E-state index contributed by atoms with van der Waals surface area (Å²) >= 11 is 0. The first kappa shape index (κ1) is 17.8. The van der Waals surface area contributed by atoms with E-state index in [1.54, 1.807) is 23.2 Å². The molecule has 1 heterocycles. The van der Waals surface area contributed by atoms with Crippen molar-refractivity contribution in [2.75, 3.05) is 4.90 Å². The standard InChI is InChI=1S/C22H21FN2O/c23-19-12-14-21(15-13-19)25(17-20-10-4-5-16-24-20)22(26)11-6-9-18-7-2-1-3-8-18/h1-5,7-8,10,12-16H,6,9,11,17H2. The van der Waals surface area contributed by atoms with Crippen molar-refractivity contribution in [1.29, 1.82) is 0 Å². The number of nitrogens with zero attached hydrogens (tertiary/aromatic N) is 2. The second kappa shape index (κ2) is 8.90. The van der Waals surface area contributed by atoms with Gasteiger partial charge in [0, 0.05) is 18.3 Å². The number of carbonyl (C=O) groups excluding carboxylic acids is 1. The van der Waals surface area contributed by atoms with Gasteiger partial charge >= 0.3 is 0 Å². The first-order valence-corrected chi connectivity index (χ1v) is 8.72. The summed E-state index contributed by atoms with van der Waals surface area (Å²) in [6, 6.07) is 21.7. The first-order valence-electron chi connectivity index (χ1n) is 8.72. The second-order valence-electron chi connectivity index (χ2n) is 6.12. The highest BCUT2D eigenvalue weighted by molar-refractivity contribution is 5.93. The summed E-state index contributed by atoms with van der Waals surface area (Å²) in [6.07, 6.45) is 3.76. The Balaban J connectivity index is 1.69. The highest BCUT2D eigenvalue weighted by Crippen LogP contribution is 2.19. The summed E-state index contributed by atoms with van der Waals surface area (Å²) < 4.78 is 13.3. The molecule has 3 aromatic rings. The smallest absolute Gasteiger partial charge is 0.227 e. The van der Waals surface area contributed by atoms with E-state index in [0.29, 0.717) is 18.7 Å². The number of anilines is 1. The zero-order chi connectivity index (χ0) is 18.2. The number of hydrogen-bond acceptors (Lipinski definition) is 2. The molecule has 0 N–H and O–H groups in total. The summed E-state index contributed by atoms with van der Waals surface area (Å²) in [5.74, 6) is -0.304. The second-order valence-corrected chi connectivity index (χ2v) is 6.12. The van der Waals surface area contributed by atoms with E-state index in [9.17, 15) is 9.18 Å². The molecule has 3 rings (SSSR count). The summed E-state index contributed by atoms with van der Waals surface area (Å²) in [7, 11) is 0. The van der Waals surface area contributed by atoms with Gasteiger partial charge in [-0.25, -0.2) is 4.39 Å². The molecule has 0 aliphatic rings. The molecule has 0 bridgehead atoms. The maximum atomic E-state index is 13.3. The fourth-order valence-electron chi connectivity index (χ4n) is 2.82. The van der Waals surface area contributed by atoms with Crippen molar-refractivity contribution in [2.24, 2.45) is 0 Å². The fourth-order valence-corrected chi connectivity index (χ4v) is 2.82. The van der Waals surface area contributed by atoms with Crippen molar-refractivity contribution in [2.45, 2.75) is 25.8 Å². The van der Waals surface area contributed by atoms with Crippen LogP contribution in [0, 0.1) is 5.82 Å². The molecule has 4 heteroatoms. The van der Waals surface area contributed by atoms with E-state index in [1.807, 2.05) is 36.4 Å². The number of hydrogen-bond donors (Lipinski definition) is 0. The monoisotopic (exact) mass is 348 g/mol. The molecule has 0 saturated heterocycles. The van der Waals surface area contributed by atoms with Gasteiger partial charge in [-0.1, -0.05) is 36.4 Å². The van der Waals surface area contributed by atoms with Crippen LogP contribution in [0.3, 0.4) is 0 Å². The average molecular weight is 348 g/mol. The molecule has 26 heavy (non-hydrogen) atoms. The van der Waals surface area contributed by atoms with Crippen molar-refractivity contribution in [3.8, 4) is 0 Å². The number of carbonyl (C=O) groups is 1. The minimum absolute atomic E-state index is 0.0122. The first-order chi connectivity index (χ1) is 12.7. The zero-order valence-corrected chi connectivity index (χ0v) is 14.5.